The molecule has 9 heteroatoms. The van der Waals surface area contributed by atoms with Crippen LogP contribution in [0.4, 0.5) is 0 Å². The molecule has 0 saturated heterocycles. The molecule has 4 atom stereocenters. The van der Waals surface area contributed by atoms with Gasteiger partial charge in [0.15, 0.2) is 0 Å². The quantitative estimate of drug-likeness (QED) is 0.0718. The molecule has 0 saturated carbocycles. The van der Waals surface area contributed by atoms with Crippen LogP contribution in [-0.2, 0) is 29.0 Å². The number of rotatable bonds is 17. The number of carbonyl (C=O) groups is 1. The van der Waals surface area contributed by atoms with E-state index in [9.17, 15) is 22.3 Å². The maximum Gasteiger partial charge on any atom is 0.392 e. The largest absolute Gasteiger partial charge is 0.436 e. The van der Waals surface area contributed by atoms with E-state index in [0.29, 0.717) is 12.8 Å². The lowest BCUT2D eigenvalue weighted by molar-refractivity contribution is -0.191. The third kappa shape index (κ3) is 11.9. The molecule has 0 bridgehead atoms. The summed E-state index contributed by atoms with van der Waals surface area (Å²) in [6.07, 6.45) is 10.3. The monoisotopic (exact) mass is 519 g/mol. The summed E-state index contributed by atoms with van der Waals surface area (Å²) in [5.74, 6) is -1.37. The Kier molecular flexibility index (Phi) is 15.7. The van der Waals surface area contributed by atoms with Crippen LogP contribution in [0.25, 0.3) is 0 Å². The second-order valence-corrected chi connectivity index (χ2v) is 11.8. The fourth-order valence-corrected chi connectivity index (χ4v) is 5.13. The Labute approximate surface area is 208 Å². The molecule has 0 aliphatic carbocycles. The van der Waals surface area contributed by atoms with E-state index >= 15 is 0 Å². The molecule has 196 valence electrons. The second kappa shape index (κ2) is 16.4. The molecule has 0 amide bonds. The maximum atomic E-state index is 12.2. The van der Waals surface area contributed by atoms with Crippen molar-refractivity contribution in [3.8, 4) is 0 Å². The highest BCUT2D eigenvalue weighted by Crippen LogP contribution is 2.42. The van der Waals surface area contributed by atoms with Crippen LogP contribution in [0, 0.1) is 5.92 Å². The van der Waals surface area contributed by atoms with Gasteiger partial charge in [0.2, 0.25) is 6.29 Å². The van der Waals surface area contributed by atoms with Crippen molar-refractivity contribution in [2.24, 2.45) is 5.92 Å². The van der Waals surface area contributed by atoms with E-state index in [0.717, 1.165) is 25.7 Å². The van der Waals surface area contributed by atoms with E-state index in [1.807, 2.05) is 13.0 Å². The van der Waals surface area contributed by atoms with E-state index in [1.165, 1.54) is 16.7 Å². The molecule has 7 nitrogen and oxygen atoms in total. The first-order chi connectivity index (χ1) is 15.8. The highest BCUT2D eigenvalue weighted by atomic mass is 32.2. The molecule has 0 fully saturated rings. The normalized spacial score (nSPS) is 16.6. The van der Waals surface area contributed by atoms with Crippen LogP contribution < -0.4 is 0 Å². The van der Waals surface area contributed by atoms with Crippen molar-refractivity contribution < 1.29 is 31.8 Å². The molecular weight excluding hydrogens is 475 g/mol. The number of ether oxygens (including phenoxy) is 2. The SMILES string of the molecule is CCC(=O)OC(CC)OC([PH+]=O)(C(C)CCC=C(C)CCC=C(C)CCC=C(C)C)S(=O)(=O)O. The van der Waals surface area contributed by atoms with Crippen LogP contribution in [-0.4, -0.2) is 29.9 Å². The van der Waals surface area contributed by atoms with Gasteiger partial charge in [0.05, 0.1) is 5.92 Å². The van der Waals surface area contributed by atoms with E-state index in [-0.39, 0.29) is 12.8 Å². The van der Waals surface area contributed by atoms with Crippen molar-refractivity contribution in [1.29, 1.82) is 0 Å². The summed E-state index contributed by atoms with van der Waals surface area (Å²) in [4.78, 5) is 11.6. The maximum absolute atomic E-state index is 12.2. The first-order valence-electron chi connectivity index (χ1n) is 12.0. The van der Waals surface area contributed by atoms with E-state index in [2.05, 4.69) is 32.9 Å². The van der Waals surface area contributed by atoms with Crippen molar-refractivity contribution in [2.75, 3.05) is 0 Å². The van der Waals surface area contributed by atoms with E-state index < -0.39 is 41.4 Å². The first-order valence-corrected chi connectivity index (χ1v) is 14.4. The van der Waals surface area contributed by atoms with Crippen LogP contribution in [0.5, 0.6) is 0 Å². The molecule has 4 unspecified atom stereocenters. The molecule has 0 aromatic heterocycles. The Morgan fingerprint density at radius 1 is 1.00 bits per heavy atom. The molecule has 34 heavy (non-hydrogen) atoms. The van der Waals surface area contributed by atoms with E-state index in [1.54, 1.807) is 20.8 Å². The van der Waals surface area contributed by atoms with Crippen LogP contribution in [0.1, 0.15) is 99.8 Å². The van der Waals surface area contributed by atoms with Gasteiger partial charge in [-0.25, -0.2) is 0 Å². The fourth-order valence-electron chi connectivity index (χ4n) is 3.33. The number of allylic oxidation sites excluding steroid dienone is 6. The average Bonchev–Trinajstić information content (AvgIpc) is 2.75. The minimum Gasteiger partial charge on any atom is -0.436 e. The Morgan fingerprint density at radius 2 is 1.53 bits per heavy atom. The summed E-state index contributed by atoms with van der Waals surface area (Å²) in [6, 6.07) is 0. The van der Waals surface area contributed by atoms with Crippen molar-refractivity contribution in [1.82, 2.24) is 0 Å². The first kappa shape index (κ1) is 32.7. The van der Waals surface area contributed by atoms with Crippen LogP contribution >= 0.6 is 8.46 Å². The van der Waals surface area contributed by atoms with Gasteiger partial charge < -0.3 is 4.74 Å². The Morgan fingerprint density at radius 3 is 1.97 bits per heavy atom. The van der Waals surface area contributed by atoms with Gasteiger partial charge in [-0.3, -0.25) is 14.1 Å². The third-order valence-corrected chi connectivity index (χ3v) is 8.76. The van der Waals surface area contributed by atoms with Crippen molar-refractivity contribution in [3.63, 3.8) is 0 Å². The lowest BCUT2D eigenvalue weighted by Crippen LogP contribution is -2.45. The summed E-state index contributed by atoms with van der Waals surface area (Å²) in [6.45, 7) is 13.2. The number of esters is 1. The summed E-state index contributed by atoms with van der Waals surface area (Å²) in [7, 11) is -6.35. The molecule has 0 aliphatic heterocycles. The standard InChI is InChI=1S/C25H43O7PS/c1-8-23(26)31-24(9-2)32-25(33-27,34(28,29)30)22(7)18-12-17-21(6)16-11-15-20(5)14-10-13-19(3)4/h13,15,17,22,24H,8-12,14,16,18H2,1-7H3,(H,28,29,30)/p+1. The van der Waals surface area contributed by atoms with Gasteiger partial charge in [-0.2, -0.15) is 8.42 Å². The van der Waals surface area contributed by atoms with Crippen molar-refractivity contribution in [2.45, 2.75) is 111 Å². The lowest BCUT2D eigenvalue weighted by atomic mass is 10.0. The van der Waals surface area contributed by atoms with Gasteiger partial charge >= 0.3 is 29.2 Å². The zero-order chi connectivity index (χ0) is 26.4. The summed E-state index contributed by atoms with van der Waals surface area (Å²) in [5.41, 5.74) is 3.86. The van der Waals surface area contributed by atoms with Crippen LogP contribution in [0.2, 0.25) is 0 Å². The average molecular weight is 520 g/mol. The Balaban J connectivity index is 5.11. The molecule has 0 aliphatic rings. The minimum absolute atomic E-state index is 0.0855. The Bertz CT molecular complexity index is 841. The third-order valence-electron chi connectivity index (χ3n) is 5.58. The molecular formula is C25H44O7PS+. The van der Waals surface area contributed by atoms with Gasteiger partial charge in [0.1, 0.15) is 0 Å². The highest BCUT2D eigenvalue weighted by molar-refractivity contribution is 7.91. The summed E-state index contributed by atoms with van der Waals surface area (Å²) in [5, 5.41) is 0. The molecule has 0 rings (SSSR count). The van der Waals surface area contributed by atoms with Gasteiger partial charge in [0.25, 0.3) is 0 Å². The zero-order valence-electron chi connectivity index (χ0n) is 21.8. The molecule has 0 aromatic rings. The van der Waals surface area contributed by atoms with Gasteiger partial charge in [-0.1, -0.05) is 60.3 Å². The predicted octanol–water partition coefficient (Wildman–Crippen LogP) is 7.09. The minimum atomic E-state index is -4.86. The topological polar surface area (TPSA) is 107 Å². The van der Waals surface area contributed by atoms with Gasteiger partial charge in [-0.05, 0) is 66.2 Å². The molecule has 1 N–H and O–H groups in total. The second-order valence-electron chi connectivity index (χ2n) is 8.98. The number of hydrogen-bond donors (Lipinski definition) is 1. The van der Waals surface area contributed by atoms with Crippen molar-refractivity contribution >= 4 is 24.5 Å². The smallest absolute Gasteiger partial charge is 0.392 e. The summed E-state index contributed by atoms with van der Waals surface area (Å²) < 4.78 is 54.7. The highest BCUT2D eigenvalue weighted by Gasteiger charge is 2.59. The zero-order valence-corrected chi connectivity index (χ0v) is 23.7. The molecule has 0 spiro atoms. The number of carbonyl (C=O) groups excluding carboxylic acids is 1. The van der Waals surface area contributed by atoms with Gasteiger partial charge in [-0.15, -0.1) is 0 Å². The molecule has 0 radical (unpaired) electrons. The number of hydrogen-bond acceptors (Lipinski definition) is 6. The van der Waals surface area contributed by atoms with Crippen molar-refractivity contribution in [3.05, 3.63) is 34.9 Å². The summed E-state index contributed by atoms with van der Waals surface area (Å²) >= 11 is 0. The predicted molar refractivity (Wildman–Crippen MR) is 139 cm³/mol. The Hall–Kier alpha value is -1.34. The van der Waals surface area contributed by atoms with Crippen LogP contribution in [0.15, 0.2) is 34.9 Å². The lowest BCUT2D eigenvalue weighted by Gasteiger charge is -2.28. The van der Waals surface area contributed by atoms with Crippen LogP contribution in [0.3, 0.4) is 0 Å². The molecule has 0 heterocycles. The molecule has 0 aromatic carbocycles. The fraction of sp³-hybridized carbons (Fsp3) is 0.720. The van der Waals surface area contributed by atoms with Gasteiger partial charge in [0, 0.05) is 12.8 Å². The van der Waals surface area contributed by atoms with E-state index in [4.69, 9.17) is 9.47 Å².